The Morgan fingerprint density at radius 3 is 2.25 bits per heavy atom. The van der Waals surface area contributed by atoms with Gasteiger partial charge in [-0.25, -0.2) is 0 Å². The van der Waals surface area contributed by atoms with Gasteiger partial charge in [-0.2, -0.15) is 6.07 Å². The quantitative estimate of drug-likeness (QED) is 0.467. The largest absolute Gasteiger partial charge is 3.00 e. The molecule has 3 aromatic carbocycles. The first kappa shape index (κ1) is 19.5. The van der Waals surface area contributed by atoms with E-state index in [1.54, 1.807) is 0 Å². The van der Waals surface area contributed by atoms with E-state index < -0.39 is 0 Å². The van der Waals surface area contributed by atoms with Crippen molar-refractivity contribution in [3.05, 3.63) is 65.7 Å². The van der Waals surface area contributed by atoms with Gasteiger partial charge in [0.2, 0.25) is 0 Å². The number of hydrogen-bond acceptors (Lipinski definition) is 0. The van der Waals surface area contributed by atoms with Gasteiger partial charge < -0.3 is 24.8 Å². The van der Waals surface area contributed by atoms with Crippen LogP contribution in [0.25, 0.3) is 21.9 Å². The van der Waals surface area contributed by atoms with Crippen LogP contribution in [0.3, 0.4) is 0 Å². The second-order valence-corrected chi connectivity index (χ2v) is 4.71. The summed E-state index contributed by atoms with van der Waals surface area (Å²) in [6.07, 6.45) is 0. The molecular formula is C17H15Cl2Zr. The van der Waals surface area contributed by atoms with Crippen LogP contribution in [0.5, 0.6) is 0 Å². The average molecular weight is 381 g/mol. The van der Waals surface area contributed by atoms with Gasteiger partial charge in [0.1, 0.15) is 0 Å². The molecule has 0 amide bonds. The van der Waals surface area contributed by atoms with Crippen LogP contribution in [0.1, 0.15) is 11.1 Å². The molecule has 1 radical (unpaired) electrons. The molecule has 3 aromatic rings. The predicted octanol–water partition coefficient (Wildman–Crippen LogP) is -1.15. The van der Waals surface area contributed by atoms with Crippen LogP contribution >= 0.6 is 0 Å². The van der Waals surface area contributed by atoms with E-state index in [2.05, 4.69) is 68.4 Å². The molecule has 0 spiro atoms. The van der Waals surface area contributed by atoms with Gasteiger partial charge in [0.25, 0.3) is 0 Å². The Labute approximate surface area is 151 Å². The van der Waals surface area contributed by atoms with Gasteiger partial charge in [0.15, 0.2) is 0 Å². The van der Waals surface area contributed by atoms with Gasteiger partial charge in [0.05, 0.1) is 0 Å². The summed E-state index contributed by atoms with van der Waals surface area (Å²) in [6, 6.07) is 19.7. The molecule has 0 saturated carbocycles. The molecule has 0 aromatic heterocycles. The van der Waals surface area contributed by atoms with Crippen molar-refractivity contribution in [1.82, 2.24) is 0 Å². The Bertz CT molecular complexity index is 686. The summed E-state index contributed by atoms with van der Waals surface area (Å²) in [5.41, 5.74) is 5.28. The van der Waals surface area contributed by atoms with Crippen molar-refractivity contribution in [3.8, 4) is 11.1 Å². The third kappa shape index (κ3) is 3.79. The summed E-state index contributed by atoms with van der Waals surface area (Å²) in [5, 5.41) is 2.69. The number of hydrogen-bond donors (Lipinski definition) is 0. The zero-order valence-corrected chi connectivity index (χ0v) is 15.4. The van der Waals surface area contributed by atoms with Gasteiger partial charge in [-0.05, 0) is 12.5 Å². The molecule has 0 atom stereocenters. The zero-order chi connectivity index (χ0) is 11.8. The summed E-state index contributed by atoms with van der Waals surface area (Å²) in [4.78, 5) is 0. The van der Waals surface area contributed by atoms with E-state index in [1.807, 2.05) is 0 Å². The van der Waals surface area contributed by atoms with E-state index in [9.17, 15) is 0 Å². The second-order valence-electron chi connectivity index (χ2n) is 4.71. The Kier molecular flexibility index (Phi) is 7.88. The van der Waals surface area contributed by atoms with Gasteiger partial charge in [0, 0.05) is 0 Å². The van der Waals surface area contributed by atoms with Gasteiger partial charge in [-0.3, -0.25) is 0 Å². The number of halogens is 2. The first-order valence-corrected chi connectivity index (χ1v) is 5.97. The SMILES string of the molecule is Cc1cccc(-c2cccc3[cH-]c(C)cc23)c1.[Cl-].[Cl-].[Zr+3]. The molecule has 0 aliphatic carbocycles. The number of aryl methyl sites for hydroxylation is 2. The van der Waals surface area contributed by atoms with Crippen LogP contribution in [0, 0.1) is 13.8 Å². The minimum Gasteiger partial charge on any atom is -1.00 e. The fraction of sp³-hybridized carbons (Fsp3) is 0.118. The summed E-state index contributed by atoms with van der Waals surface area (Å²) in [7, 11) is 0. The van der Waals surface area contributed by atoms with E-state index in [-0.39, 0.29) is 51.0 Å². The zero-order valence-electron chi connectivity index (χ0n) is 11.5. The van der Waals surface area contributed by atoms with E-state index in [1.165, 1.54) is 33.0 Å². The maximum atomic E-state index is 2.27. The minimum atomic E-state index is 0. The normalized spacial score (nSPS) is 9.30. The van der Waals surface area contributed by atoms with Crippen molar-refractivity contribution in [1.29, 1.82) is 0 Å². The molecular weight excluding hydrogens is 366 g/mol. The Hall–Kier alpha value is -0.487. The van der Waals surface area contributed by atoms with E-state index >= 15 is 0 Å². The summed E-state index contributed by atoms with van der Waals surface area (Å²) < 4.78 is 0. The standard InChI is InChI=1S/C17H15.2ClH.Zr/c1-12-5-3-6-14(9-12)16-8-4-7-15-10-13(2)11-17(15)16;;;/h3-11H,1-2H3;2*1H;/q-1;;;+3/p-2. The number of rotatable bonds is 1. The molecule has 101 valence electrons. The van der Waals surface area contributed by atoms with Gasteiger partial charge >= 0.3 is 26.2 Å². The summed E-state index contributed by atoms with van der Waals surface area (Å²) in [6.45, 7) is 4.29. The maximum Gasteiger partial charge on any atom is 3.00 e. The van der Waals surface area contributed by atoms with Crippen LogP contribution in [-0.4, -0.2) is 0 Å². The summed E-state index contributed by atoms with van der Waals surface area (Å²) in [5.74, 6) is 0. The fourth-order valence-corrected chi connectivity index (χ4v) is 2.45. The minimum absolute atomic E-state index is 0. The fourth-order valence-electron chi connectivity index (χ4n) is 2.45. The van der Waals surface area contributed by atoms with Crippen molar-refractivity contribution in [2.24, 2.45) is 0 Å². The van der Waals surface area contributed by atoms with E-state index in [4.69, 9.17) is 0 Å². The Balaban J connectivity index is 0.00000120. The molecule has 0 bridgehead atoms. The molecule has 0 nitrogen and oxygen atoms in total. The first-order valence-electron chi connectivity index (χ1n) is 5.97. The molecule has 3 heteroatoms. The van der Waals surface area contributed by atoms with Crippen molar-refractivity contribution in [2.75, 3.05) is 0 Å². The first-order chi connectivity index (χ1) is 8.24. The van der Waals surface area contributed by atoms with E-state index in [0.717, 1.165) is 0 Å². The smallest absolute Gasteiger partial charge is 1.00 e. The van der Waals surface area contributed by atoms with Crippen LogP contribution in [-0.2, 0) is 26.2 Å². The maximum absolute atomic E-state index is 2.27. The van der Waals surface area contributed by atoms with Crippen LogP contribution < -0.4 is 24.8 Å². The second kappa shape index (κ2) is 8.08. The molecule has 20 heavy (non-hydrogen) atoms. The van der Waals surface area contributed by atoms with Crippen LogP contribution in [0.15, 0.2) is 54.6 Å². The van der Waals surface area contributed by atoms with Crippen molar-refractivity contribution in [2.45, 2.75) is 13.8 Å². The number of benzene rings is 2. The Morgan fingerprint density at radius 2 is 1.55 bits per heavy atom. The molecule has 0 saturated heterocycles. The average Bonchev–Trinajstić information content (AvgIpc) is 2.68. The van der Waals surface area contributed by atoms with Crippen molar-refractivity contribution < 1.29 is 51.0 Å². The predicted molar refractivity (Wildman–Crippen MR) is 74.5 cm³/mol. The molecule has 0 heterocycles. The molecule has 0 fully saturated rings. The van der Waals surface area contributed by atoms with Crippen molar-refractivity contribution >= 4 is 10.8 Å². The van der Waals surface area contributed by atoms with Gasteiger partial charge in [-0.1, -0.05) is 48.4 Å². The topological polar surface area (TPSA) is 0 Å². The summed E-state index contributed by atoms with van der Waals surface area (Å²) >= 11 is 0. The molecule has 0 N–H and O–H groups in total. The molecule has 0 aliphatic heterocycles. The van der Waals surface area contributed by atoms with Crippen molar-refractivity contribution in [3.63, 3.8) is 0 Å². The van der Waals surface area contributed by atoms with Crippen LogP contribution in [0.4, 0.5) is 0 Å². The third-order valence-electron chi connectivity index (χ3n) is 3.22. The third-order valence-corrected chi connectivity index (χ3v) is 3.22. The molecule has 0 aliphatic rings. The monoisotopic (exact) mass is 379 g/mol. The number of fused-ring (bicyclic) bond motifs is 1. The van der Waals surface area contributed by atoms with Crippen LogP contribution in [0.2, 0.25) is 0 Å². The Morgan fingerprint density at radius 1 is 0.850 bits per heavy atom. The van der Waals surface area contributed by atoms with E-state index in [0.29, 0.717) is 0 Å². The molecule has 3 rings (SSSR count). The van der Waals surface area contributed by atoms with Gasteiger partial charge in [-0.15, -0.1) is 34.5 Å². The molecule has 0 unspecified atom stereocenters.